The molecule has 0 fully saturated rings. The van der Waals surface area contributed by atoms with Crippen LogP contribution in [-0.2, 0) is 11.3 Å². The molecule has 19 heavy (non-hydrogen) atoms. The van der Waals surface area contributed by atoms with Crippen LogP contribution in [0.4, 0.5) is 5.69 Å². The Bertz CT molecular complexity index is 564. The molecule has 0 radical (unpaired) electrons. The van der Waals surface area contributed by atoms with Crippen LogP contribution in [0.25, 0.3) is 0 Å². The largest absolute Gasteiger partial charge is 0.325 e. The van der Waals surface area contributed by atoms with Gasteiger partial charge in [0.1, 0.15) is 6.04 Å². The number of rotatable bonds is 4. The van der Waals surface area contributed by atoms with E-state index in [0.29, 0.717) is 12.2 Å². The van der Waals surface area contributed by atoms with Crippen LogP contribution in [-0.4, -0.2) is 20.9 Å². The zero-order valence-electron chi connectivity index (χ0n) is 11.0. The minimum Gasteiger partial charge on any atom is -0.325 e. The molecule has 3 N–H and O–H groups in total. The van der Waals surface area contributed by atoms with Crippen LogP contribution in [0.1, 0.15) is 24.4 Å². The molecule has 1 atom stereocenters. The van der Waals surface area contributed by atoms with E-state index in [0.717, 1.165) is 11.4 Å². The highest BCUT2D eigenvalue weighted by Gasteiger charge is 2.19. The fourth-order valence-electron chi connectivity index (χ4n) is 1.81. The molecule has 0 aliphatic carbocycles. The van der Waals surface area contributed by atoms with E-state index in [2.05, 4.69) is 15.6 Å². The Balaban J connectivity index is 2.13. The van der Waals surface area contributed by atoms with Gasteiger partial charge in [-0.15, -0.1) is 5.10 Å². The quantitative estimate of drug-likeness (QED) is 0.865. The second-order valence-electron chi connectivity index (χ2n) is 4.30. The number of nitrogens with two attached hydrogens (primary N) is 1. The van der Waals surface area contributed by atoms with Gasteiger partial charge in [0.25, 0.3) is 0 Å². The van der Waals surface area contributed by atoms with Gasteiger partial charge in [-0.05, 0) is 26.0 Å². The van der Waals surface area contributed by atoms with Crippen molar-refractivity contribution in [1.29, 1.82) is 0 Å². The number of benzene rings is 1. The normalized spacial score (nSPS) is 12.2. The SMILES string of the molecule is Cc1c(CN)nnn1C(C)C(=O)Nc1ccccc1. The number of carbonyl (C=O) groups excluding carboxylic acids is 1. The Labute approximate surface area is 111 Å². The minimum atomic E-state index is -0.437. The van der Waals surface area contributed by atoms with Crippen LogP contribution < -0.4 is 11.1 Å². The molecule has 0 bridgehead atoms. The number of para-hydroxylation sites is 1. The number of nitrogens with one attached hydrogen (secondary N) is 1. The molecular formula is C13H17N5O. The van der Waals surface area contributed by atoms with Gasteiger partial charge in [-0.25, -0.2) is 4.68 Å². The summed E-state index contributed by atoms with van der Waals surface area (Å²) in [5.74, 6) is -0.136. The summed E-state index contributed by atoms with van der Waals surface area (Å²) in [5.41, 5.74) is 7.83. The van der Waals surface area contributed by atoms with Gasteiger partial charge in [-0.1, -0.05) is 23.4 Å². The maximum absolute atomic E-state index is 12.1. The fourth-order valence-corrected chi connectivity index (χ4v) is 1.81. The topological polar surface area (TPSA) is 85.8 Å². The maximum atomic E-state index is 12.1. The summed E-state index contributed by atoms with van der Waals surface area (Å²) in [6.45, 7) is 3.95. The average Bonchev–Trinajstić information content (AvgIpc) is 2.80. The molecular weight excluding hydrogens is 242 g/mol. The Kier molecular flexibility index (Phi) is 3.91. The zero-order valence-corrected chi connectivity index (χ0v) is 11.0. The number of nitrogens with zero attached hydrogens (tertiary/aromatic N) is 3. The fraction of sp³-hybridized carbons (Fsp3) is 0.308. The van der Waals surface area contributed by atoms with E-state index in [4.69, 9.17) is 5.73 Å². The lowest BCUT2D eigenvalue weighted by Crippen LogP contribution is -2.25. The first-order chi connectivity index (χ1) is 9.13. The van der Waals surface area contributed by atoms with E-state index in [1.807, 2.05) is 37.3 Å². The summed E-state index contributed by atoms with van der Waals surface area (Å²) in [5, 5.41) is 10.8. The van der Waals surface area contributed by atoms with Crippen molar-refractivity contribution in [2.75, 3.05) is 5.32 Å². The van der Waals surface area contributed by atoms with E-state index in [-0.39, 0.29) is 5.91 Å². The van der Waals surface area contributed by atoms with Gasteiger partial charge in [0.15, 0.2) is 0 Å². The van der Waals surface area contributed by atoms with Crippen LogP contribution in [0, 0.1) is 6.92 Å². The molecule has 1 heterocycles. The van der Waals surface area contributed by atoms with E-state index in [1.54, 1.807) is 11.6 Å². The van der Waals surface area contributed by atoms with Crippen molar-refractivity contribution in [3.05, 3.63) is 41.7 Å². The smallest absolute Gasteiger partial charge is 0.249 e. The summed E-state index contributed by atoms with van der Waals surface area (Å²) < 4.78 is 1.58. The van der Waals surface area contributed by atoms with Gasteiger partial charge < -0.3 is 11.1 Å². The molecule has 1 amide bonds. The second kappa shape index (κ2) is 5.62. The molecule has 2 rings (SSSR count). The van der Waals surface area contributed by atoms with Gasteiger partial charge in [0.05, 0.1) is 11.4 Å². The van der Waals surface area contributed by atoms with Gasteiger partial charge in [-0.2, -0.15) is 0 Å². The van der Waals surface area contributed by atoms with Crippen molar-refractivity contribution in [2.24, 2.45) is 5.73 Å². The second-order valence-corrected chi connectivity index (χ2v) is 4.30. The first-order valence-corrected chi connectivity index (χ1v) is 6.10. The molecule has 0 aliphatic rings. The van der Waals surface area contributed by atoms with Crippen molar-refractivity contribution >= 4 is 11.6 Å². The number of anilines is 1. The summed E-state index contributed by atoms with van der Waals surface area (Å²) in [6.07, 6.45) is 0. The molecule has 0 aliphatic heterocycles. The highest BCUT2D eigenvalue weighted by molar-refractivity contribution is 5.93. The van der Waals surface area contributed by atoms with E-state index in [1.165, 1.54) is 0 Å². The highest BCUT2D eigenvalue weighted by atomic mass is 16.2. The Morgan fingerprint density at radius 1 is 1.42 bits per heavy atom. The molecule has 1 aromatic heterocycles. The van der Waals surface area contributed by atoms with Crippen LogP contribution in [0.3, 0.4) is 0 Å². The third kappa shape index (κ3) is 2.79. The summed E-state index contributed by atoms with van der Waals surface area (Å²) in [4.78, 5) is 12.1. The van der Waals surface area contributed by atoms with Crippen LogP contribution in [0.2, 0.25) is 0 Å². The molecule has 6 nitrogen and oxygen atoms in total. The summed E-state index contributed by atoms with van der Waals surface area (Å²) >= 11 is 0. The molecule has 6 heteroatoms. The summed E-state index contributed by atoms with van der Waals surface area (Å²) in [7, 11) is 0. The van der Waals surface area contributed by atoms with Gasteiger partial charge in [0, 0.05) is 12.2 Å². The predicted molar refractivity (Wildman–Crippen MR) is 72.4 cm³/mol. The van der Waals surface area contributed by atoms with Crippen LogP contribution in [0.15, 0.2) is 30.3 Å². The Hall–Kier alpha value is -2.21. The van der Waals surface area contributed by atoms with Crippen molar-refractivity contribution in [1.82, 2.24) is 15.0 Å². The van der Waals surface area contributed by atoms with E-state index >= 15 is 0 Å². The number of hydrogen-bond acceptors (Lipinski definition) is 4. The first-order valence-electron chi connectivity index (χ1n) is 6.10. The lowest BCUT2D eigenvalue weighted by molar-refractivity contribution is -0.119. The Morgan fingerprint density at radius 3 is 2.68 bits per heavy atom. The highest BCUT2D eigenvalue weighted by Crippen LogP contribution is 2.14. The molecule has 2 aromatic rings. The first kappa shape index (κ1) is 13.2. The standard InChI is InChI=1S/C13H17N5O/c1-9-12(8-14)16-17-18(9)10(2)13(19)15-11-6-4-3-5-7-11/h3-7,10H,8,14H2,1-2H3,(H,15,19). The third-order valence-electron chi connectivity index (χ3n) is 3.00. The van der Waals surface area contributed by atoms with Gasteiger partial charge >= 0.3 is 0 Å². The van der Waals surface area contributed by atoms with Gasteiger partial charge in [0.2, 0.25) is 5.91 Å². The molecule has 0 spiro atoms. The van der Waals surface area contributed by atoms with Crippen LogP contribution in [0.5, 0.6) is 0 Å². The number of aromatic nitrogens is 3. The average molecular weight is 259 g/mol. The monoisotopic (exact) mass is 259 g/mol. The predicted octanol–water partition coefficient (Wildman–Crippen LogP) is 1.24. The minimum absolute atomic E-state index is 0.136. The van der Waals surface area contributed by atoms with Crippen LogP contribution >= 0.6 is 0 Å². The lowest BCUT2D eigenvalue weighted by atomic mass is 10.2. The zero-order chi connectivity index (χ0) is 13.8. The maximum Gasteiger partial charge on any atom is 0.249 e. The van der Waals surface area contributed by atoms with Crippen molar-refractivity contribution in [2.45, 2.75) is 26.4 Å². The van der Waals surface area contributed by atoms with Crippen molar-refractivity contribution < 1.29 is 4.79 Å². The van der Waals surface area contributed by atoms with Crippen molar-refractivity contribution in [3.63, 3.8) is 0 Å². The van der Waals surface area contributed by atoms with Gasteiger partial charge in [-0.3, -0.25) is 4.79 Å². The molecule has 1 unspecified atom stereocenters. The molecule has 0 saturated carbocycles. The molecule has 100 valence electrons. The Morgan fingerprint density at radius 2 is 2.11 bits per heavy atom. The molecule has 0 saturated heterocycles. The summed E-state index contributed by atoms with van der Waals surface area (Å²) in [6, 6.07) is 8.87. The number of carbonyl (C=O) groups is 1. The van der Waals surface area contributed by atoms with Crippen molar-refractivity contribution in [3.8, 4) is 0 Å². The number of hydrogen-bond donors (Lipinski definition) is 2. The number of amides is 1. The molecule has 1 aromatic carbocycles. The van der Waals surface area contributed by atoms with E-state index < -0.39 is 6.04 Å². The third-order valence-corrected chi connectivity index (χ3v) is 3.00. The van der Waals surface area contributed by atoms with E-state index in [9.17, 15) is 4.79 Å². The lowest BCUT2D eigenvalue weighted by Gasteiger charge is -2.13.